The Balaban J connectivity index is 2.03. The molecule has 2 rings (SSSR count). The second-order valence-corrected chi connectivity index (χ2v) is 5.53. The van der Waals surface area contributed by atoms with Gasteiger partial charge in [-0.25, -0.2) is 0 Å². The standard InChI is InChI=1S/C16H20N2O4/c1-11(19)17-14(12-5-3-2-4-6-12)9-15(20)18-8-7-13(10-18)16(21)22/h2-6,13-14H,7-10H2,1H3,(H,17,19)(H,21,22)/t13-,14+/m0/s1. The van der Waals surface area contributed by atoms with Crippen molar-refractivity contribution in [3.8, 4) is 0 Å². The van der Waals surface area contributed by atoms with Gasteiger partial charge in [-0.3, -0.25) is 14.4 Å². The van der Waals surface area contributed by atoms with Crippen LogP contribution in [0.1, 0.15) is 31.4 Å². The zero-order valence-corrected chi connectivity index (χ0v) is 12.5. The zero-order chi connectivity index (χ0) is 16.1. The molecule has 1 aliphatic rings. The van der Waals surface area contributed by atoms with E-state index in [-0.39, 0.29) is 24.8 Å². The molecule has 2 atom stereocenters. The molecule has 0 bridgehead atoms. The van der Waals surface area contributed by atoms with Crippen LogP contribution in [-0.2, 0) is 14.4 Å². The molecule has 1 saturated heterocycles. The predicted molar refractivity (Wildman–Crippen MR) is 79.9 cm³/mol. The van der Waals surface area contributed by atoms with Crippen LogP contribution in [0.5, 0.6) is 0 Å². The second kappa shape index (κ2) is 7.06. The summed E-state index contributed by atoms with van der Waals surface area (Å²) in [4.78, 5) is 36.2. The van der Waals surface area contributed by atoms with Gasteiger partial charge in [-0.1, -0.05) is 30.3 Å². The SMILES string of the molecule is CC(=O)N[C@H](CC(=O)N1CC[C@H](C(=O)O)C1)c1ccccc1. The van der Waals surface area contributed by atoms with Crippen LogP contribution in [0, 0.1) is 5.92 Å². The highest BCUT2D eigenvalue weighted by Gasteiger charge is 2.31. The Labute approximate surface area is 129 Å². The minimum Gasteiger partial charge on any atom is -0.481 e. The molecule has 0 aliphatic carbocycles. The number of hydrogen-bond donors (Lipinski definition) is 2. The molecule has 1 fully saturated rings. The molecule has 0 saturated carbocycles. The van der Waals surface area contributed by atoms with Crippen molar-refractivity contribution in [2.24, 2.45) is 5.92 Å². The van der Waals surface area contributed by atoms with Crippen LogP contribution in [0.25, 0.3) is 0 Å². The van der Waals surface area contributed by atoms with Crippen LogP contribution in [0.3, 0.4) is 0 Å². The van der Waals surface area contributed by atoms with Gasteiger partial charge in [-0.15, -0.1) is 0 Å². The average Bonchev–Trinajstić information content (AvgIpc) is 2.97. The second-order valence-electron chi connectivity index (χ2n) is 5.53. The molecule has 0 spiro atoms. The summed E-state index contributed by atoms with van der Waals surface area (Å²) in [6, 6.07) is 8.90. The van der Waals surface area contributed by atoms with Gasteiger partial charge < -0.3 is 15.3 Å². The lowest BCUT2D eigenvalue weighted by atomic mass is 10.0. The van der Waals surface area contributed by atoms with E-state index in [1.165, 1.54) is 6.92 Å². The van der Waals surface area contributed by atoms with Crippen molar-refractivity contribution in [2.75, 3.05) is 13.1 Å². The molecule has 0 aromatic heterocycles. The molecule has 1 heterocycles. The van der Waals surface area contributed by atoms with E-state index < -0.39 is 17.9 Å². The molecule has 2 N–H and O–H groups in total. The molecular weight excluding hydrogens is 284 g/mol. The van der Waals surface area contributed by atoms with E-state index in [0.29, 0.717) is 13.0 Å². The van der Waals surface area contributed by atoms with Crippen LogP contribution < -0.4 is 5.32 Å². The number of nitrogens with zero attached hydrogens (tertiary/aromatic N) is 1. The van der Waals surface area contributed by atoms with E-state index >= 15 is 0 Å². The number of hydrogen-bond acceptors (Lipinski definition) is 3. The van der Waals surface area contributed by atoms with Gasteiger partial charge in [0.1, 0.15) is 0 Å². The van der Waals surface area contributed by atoms with Crippen molar-refractivity contribution in [3.05, 3.63) is 35.9 Å². The van der Waals surface area contributed by atoms with E-state index in [4.69, 9.17) is 5.11 Å². The van der Waals surface area contributed by atoms with Gasteiger partial charge in [0.2, 0.25) is 11.8 Å². The molecule has 22 heavy (non-hydrogen) atoms. The summed E-state index contributed by atoms with van der Waals surface area (Å²) in [7, 11) is 0. The smallest absolute Gasteiger partial charge is 0.308 e. The van der Waals surface area contributed by atoms with Gasteiger partial charge in [0.25, 0.3) is 0 Å². The lowest BCUT2D eigenvalue weighted by Gasteiger charge is -2.22. The maximum absolute atomic E-state index is 12.4. The van der Waals surface area contributed by atoms with Crippen molar-refractivity contribution in [3.63, 3.8) is 0 Å². The largest absolute Gasteiger partial charge is 0.481 e. The number of benzene rings is 1. The maximum atomic E-state index is 12.4. The lowest BCUT2D eigenvalue weighted by Crippen LogP contribution is -2.35. The molecule has 2 amide bonds. The van der Waals surface area contributed by atoms with Crippen molar-refractivity contribution >= 4 is 17.8 Å². The number of rotatable bonds is 5. The molecule has 0 radical (unpaired) electrons. The maximum Gasteiger partial charge on any atom is 0.308 e. The Morgan fingerprint density at radius 2 is 2.00 bits per heavy atom. The molecule has 118 valence electrons. The lowest BCUT2D eigenvalue weighted by molar-refractivity contribution is -0.141. The third-order valence-corrected chi connectivity index (χ3v) is 3.85. The molecular formula is C16H20N2O4. The van der Waals surface area contributed by atoms with Crippen LogP contribution in [0.4, 0.5) is 0 Å². The number of likely N-dealkylation sites (tertiary alicyclic amines) is 1. The molecule has 1 aliphatic heterocycles. The van der Waals surface area contributed by atoms with Gasteiger partial charge in [-0.05, 0) is 12.0 Å². The van der Waals surface area contributed by atoms with Crippen LogP contribution in [0.2, 0.25) is 0 Å². The highest BCUT2D eigenvalue weighted by Crippen LogP contribution is 2.22. The van der Waals surface area contributed by atoms with E-state index in [1.807, 2.05) is 30.3 Å². The summed E-state index contributed by atoms with van der Waals surface area (Å²) in [6.07, 6.45) is 0.618. The zero-order valence-electron chi connectivity index (χ0n) is 12.5. The number of amides is 2. The average molecular weight is 304 g/mol. The number of carboxylic acid groups (broad SMARTS) is 1. The quantitative estimate of drug-likeness (QED) is 0.855. The minimum atomic E-state index is -0.864. The van der Waals surface area contributed by atoms with E-state index in [2.05, 4.69) is 5.32 Å². The number of carboxylic acids is 1. The third-order valence-electron chi connectivity index (χ3n) is 3.85. The Bertz CT molecular complexity index is 559. The Morgan fingerprint density at radius 1 is 1.32 bits per heavy atom. The van der Waals surface area contributed by atoms with E-state index in [1.54, 1.807) is 4.90 Å². The summed E-state index contributed by atoms with van der Waals surface area (Å²) in [5, 5.41) is 11.8. The van der Waals surface area contributed by atoms with Crippen molar-refractivity contribution in [2.45, 2.75) is 25.8 Å². The Hall–Kier alpha value is -2.37. The fourth-order valence-electron chi connectivity index (χ4n) is 2.68. The van der Waals surface area contributed by atoms with Crippen LogP contribution in [0.15, 0.2) is 30.3 Å². The summed E-state index contributed by atoms with van der Waals surface area (Å²) < 4.78 is 0. The number of nitrogens with one attached hydrogen (secondary N) is 1. The Morgan fingerprint density at radius 3 is 2.55 bits per heavy atom. The number of carbonyl (C=O) groups excluding carboxylic acids is 2. The van der Waals surface area contributed by atoms with Crippen molar-refractivity contribution in [1.29, 1.82) is 0 Å². The number of carbonyl (C=O) groups is 3. The topological polar surface area (TPSA) is 86.7 Å². The fraction of sp³-hybridized carbons (Fsp3) is 0.438. The Kier molecular flexibility index (Phi) is 5.14. The van der Waals surface area contributed by atoms with Gasteiger partial charge in [-0.2, -0.15) is 0 Å². The first-order chi connectivity index (χ1) is 10.5. The van der Waals surface area contributed by atoms with Crippen molar-refractivity contribution in [1.82, 2.24) is 10.2 Å². The molecule has 0 unspecified atom stereocenters. The third kappa shape index (κ3) is 4.07. The van der Waals surface area contributed by atoms with Gasteiger partial charge in [0.15, 0.2) is 0 Å². The molecule has 6 nitrogen and oxygen atoms in total. The van der Waals surface area contributed by atoms with Crippen LogP contribution >= 0.6 is 0 Å². The van der Waals surface area contributed by atoms with E-state index in [9.17, 15) is 14.4 Å². The first-order valence-corrected chi connectivity index (χ1v) is 7.30. The first-order valence-electron chi connectivity index (χ1n) is 7.30. The predicted octanol–water partition coefficient (Wildman–Crippen LogP) is 1.19. The highest BCUT2D eigenvalue weighted by atomic mass is 16.4. The minimum absolute atomic E-state index is 0.133. The molecule has 6 heteroatoms. The summed E-state index contributed by atoms with van der Waals surface area (Å²) in [5.41, 5.74) is 0.861. The van der Waals surface area contributed by atoms with Crippen LogP contribution in [-0.4, -0.2) is 40.9 Å². The normalized spacial score (nSPS) is 18.8. The summed E-state index contributed by atoms with van der Waals surface area (Å²) in [6.45, 7) is 2.11. The fourth-order valence-corrected chi connectivity index (χ4v) is 2.68. The van der Waals surface area contributed by atoms with Gasteiger partial charge in [0.05, 0.1) is 18.4 Å². The summed E-state index contributed by atoms with van der Waals surface area (Å²) in [5.74, 6) is -1.69. The van der Waals surface area contributed by atoms with Gasteiger partial charge >= 0.3 is 5.97 Å². The molecule has 1 aromatic carbocycles. The monoisotopic (exact) mass is 304 g/mol. The first kappa shape index (κ1) is 16.0. The summed E-state index contributed by atoms with van der Waals surface area (Å²) >= 11 is 0. The number of aliphatic carboxylic acids is 1. The molecule has 1 aromatic rings. The van der Waals surface area contributed by atoms with E-state index in [0.717, 1.165) is 5.56 Å². The van der Waals surface area contributed by atoms with Crippen molar-refractivity contribution < 1.29 is 19.5 Å². The highest BCUT2D eigenvalue weighted by molar-refractivity contribution is 5.80. The van der Waals surface area contributed by atoms with Gasteiger partial charge in [0, 0.05) is 20.0 Å².